The highest BCUT2D eigenvalue weighted by Gasteiger charge is 2.33. The Kier molecular flexibility index (Phi) is 10.1. The predicted molar refractivity (Wildman–Crippen MR) is 102 cm³/mol. The van der Waals surface area contributed by atoms with Crippen LogP contribution in [0.2, 0.25) is 5.02 Å². The van der Waals surface area contributed by atoms with Crippen molar-refractivity contribution in [3.8, 4) is 0 Å². The molecular weight excluding hydrogens is 384 g/mol. The van der Waals surface area contributed by atoms with E-state index >= 15 is 0 Å². The van der Waals surface area contributed by atoms with Crippen molar-refractivity contribution < 1.29 is 19.3 Å². The summed E-state index contributed by atoms with van der Waals surface area (Å²) in [5.41, 5.74) is 0.856. The fourth-order valence-electron chi connectivity index (χ4n) is 3.55. The molecule has 0 aliphatic heterocycles. The lowest BCUT2D eigenvalue weighted by Crippen LogP contribution is -2.30. The van der Waals surface area contributed by atoms with Crippen LogP contribution in [-0.4, -0.2) is 33.6 Å². The fourth-order valence-corrected chi connectivity index (χ4v) is 4.56. The highest BCUT2D eigenvalue weighted by Crippen LogP contribution is 2.37. The summed E-state index contributed by atoms with van der Waals surface area (Å²) in [5.74, 6) is 0.405. The van der Waals surface area contributed by atoms with Crippen LogP contribution in [0.4, 0.5) is 0 Å². The van der Waals surface area contributed by atoms with E-state index in [-0.39, 0.29) is 37.3 Å². The first-order chi connectivity index (χ1) is 11.4. The zero-order valence-corrected chi connectivity index (χ0v) is 16.6. The van der Waals surface area contributed by atoms with Crippen molar-refractivity contribution >= 4 is 32.0 Å². The number of benzene rings is 1. The van der Waals surface area contributed by atoms with Crippen LogP contribution in [0.15, 0.2) is 24.3 Å². The van der Waals surface area contributed by atoms with Crippen LogP contribution in [0.1, 0.15) is 37.7 Å². The third-order valence-electron chi connectivity index (χ3n) is 4.72. The van der Waals surface area contributed by atoms with Gasteiger partial charge in [0.25, 0.3) is 0 Å². The maximum absolute atomic E-state index is 12.0. The van der Waals surface area contributed by atoms with Crippen molar-refractivity contribution in [2.45, 2.75) is 44.8 Å². The standard InChI is InChI=1S/C17H24ClNO4P.ClH/c18-16-7-5-13(6-8-16)10-19(21)11-17(20)9-14-3-1-2-4-15(14)12-24(22)23;/h5-8,14-15,17,20H,1-4,9-12H2;1H/q+1;/p+1/t14-,15?,17?;/m0./s1. The number of nitroso groups, excluding NO2 is 1. The second kappa shape index (κ2) is 11.2. The van der Waals surface area contributed by atoms with E-state index in [0.717, 1.165) is 36.0 Å². The molecule has 1 fully saturated rings. The topological polar surface area (TPSA) is 77.6 Å². The molecule has 5 nitrogen and oxygen atoms in total. The predicted octanol–water partition coefficient (Wildman–Crippen LogP) is 4.33. The van der Waals surface area contributed by atoms with Crippen LogP contribution < -0.4 is 0 Å². The zero-order chi connectivity index (χ0) is 17.5. The summed E-state index contributed by atoms with van der Waals surface area (Å²) in [4.78, 5) is 21.2. The van der Waals surface area contributed by atoms with E-state index in [9.17, 15) is 14.6 Å². The number of hydrogen-bond donors (Lipinski definition) is 2. The minimum absolute atomic E-state index is 0. The summed E-state index contributed by atoms with van der Waals surface area (Å²) in [7, 11) is -2.14. The Morgan fingerprint density at radius 3 is 2.40 bits per heavy atom. The average molecular weight is 410 g/mol. The van der Waals surface area contributed by atoms with Crippen LogP contribution in [0.3, 0.4) is 0 Å². The van der Waals surface area contributed by atoms with Crippen molar-refractivity contribution in [1.29, 1.82) is 0 Å². The summed E-state index contributed by atoms with van der Waals surface area (Å²) in [6.07, 6.45) is 4.17. The quantitative estimate of drug-likeness (QED) is 0.494. The Morgan fingerprint density at radius 2 is 1.80 bits per heavy atom. The SMILES string of the molecule is Cl.O=[N+](Cc1ccc(Cl)cc1)CC(O)C[C@@H]1CCCCC1C[P+](=O)O. The van der Waals surface area contributed by atoms with Gasteiger partial charge in [0.2, 0.25) is 13.1 Å². The van der Waals surface area contributed by atoms with Gasteiger partial charge in [0.1, 0.15) is 6.10 Å². The summed E-state index contributed by atoms with van der Waals surface area (Å²) in [6, 6.07) is 7.08. The van der Waals surface area contributed by atoms with Gasteiger partial charge in [-0.3, -0.25) is 0 Å². The molecule has 2 N–H and O–H groups in total. The zero-order valence-electron chi connectivity index (χ0n) is 14.1. The second-order valence-corrected chi connectivity index (χ2v) is 8.18. The van der Waals surface area contributed by atoms with Crippen LogP contribution >= 0.6 is 32.0 Å². The summed E-state index contributed by atoms with van der Waals surface area (Å²) in [5, 5.41) is 10.9. The summed E-state index contributed by atoms with van der Waals surface area (Å²) < 4.78 is 12.0. The molecule has 0 aromatic heterocycles. The van der Waals surface area contributed by atoms with Crippen molar-refractivity contribution in [3.63, 3.8) is 0 Å². The van der Waals surface area contributed by atoms with E-state index in [1.165, 1.54) is 0 Å². The Hall–Kier alpha value is -0.580. The minimum Gasteiger partial charge on any atom is -0.386 e. The Morgan fingerprint density at radius 1 is 1.20 bits per heavy atom. The van der Waals surface area contributed by atoms with Crippen molar-refractivity contribution in [2.24, 2.45) is 11.8 Å². The van der Waals surface area contributed by atoms with E-state index in [2.05, 4.69) is 0 Å². The molecule has 140 valence electrons. The van der Waals surface area contributed by atoms with E-state index in [1.807, 2.05) is 0 Å². The third kappa shape index (κ3) is 8.10. The molecule has 25 heavy (non-hydrogen) atoms. The van der Waals surface area contributed by atoms with Gasteiger partial charge in [-0.2, -0.15) is 4.89 Å². The number of halogens is 2. The summed E-state index contributed by atoms with van der Waals surface area (Å²) in [6.45, 7) is 0.266. The van der Waals surface area contributed by atoms with Crippen LogP contribution in [-0.2, 0) is 11.1 Å². The number of aliphatic hydroxyl groups excluding tert-OH is 1. The van der Waals surface area contributed by atoms with E-state index in [0.29, 0.717) is 17.6 Å². The molecule has 0 saturated heterocycles. The normalized spacial score (nSPS) is 22.0. The third-order valence-corrected chi connectivity index (χ3v) is 5.75. The second-order valence-electron chi connectivity index (χ2n) is 6.68. The molecule has 3 unspecified atom stereocenters. The Labute approximate surface area is 160 Å². The molecule has 8 heteroatoms. The van der Waals surface area contributed by atoms with Crippen LogP contribution in [0.5, 0.6) is 0 Å². The fraction of sp³-hybridized carbons (Fsp3) is 0.647. The van der Waals surface area contributed by atoms with Gasteiger partial charge in [-0.05, 0) is 41.9 Å². The molecular formula is C17H26Cl2NO4P+2. The molecule has 1 aliphatic rings. The largest absolute Gasteiger partial charge is 0.505 e. The lowest BCUT2D eigenvalue weighted by Gasteiger charge is -2.29. The van der Waals surface area contributed by atoms with Gasteiger partial charge in [-0.25, -0.2) is 0 Å². The Balaban J connectivity index is 0.00000312. The van der Waals surface area contributed by atoms with Crippen molar-refractivity contribution in [3.05, 3.63) is 39.8 Å². The molecule has 1 aromatic rings. The average Bonchev–Trinajstić information content (AvgIpc) is 2.51. The molecule has 2 rings (SSSR count). The monoisotopic (exact) mass is 409 g/mol. The lowest BCUT2D eigenvalue weighted by molar-refractivity contribution is -0.572. The molecule has 0 heterocycles. The first kappa shape index (κ1) is 22.5. The number of rotatable bonds is 8. The molecule has 0 radical (unpaired) electrons. The van der Waals surface area contributed by atoms with E-state index < -0.39 is 14.1 Å². The molecule has 0 bridgehead atoms. The lowest BCUT2D eigenvalue weighted by atomic mass is 9.77. The molecule has 1 saturated carbocycles. The van der Waals surface area contributed by atoms with Crippen molar-refractivity contribution in [2.75, 3.05) is 12.7 Å². The maximum atomic E-state index is 12.0. The molecule has 4 atom stereocenters. The molecule has 1 aromatic carbocycles. The highest BCUT2D eigenvalue weighted by molar-refractivity contribution is 7.38. The molecule has 0 spiro atoms. The highest BCUT2D eigenvalue weighted by atomic mass is 35.5. The van der Waals surface area contributed by atoms with E-state index in [1.54, 1.807) is 24.3 Å². The van der Waals surface area contributed by atoms with Crippen molar-refractivity contribution in [1.82, 2.24) is 0 Å². The van der Waals surface area contributed by atoms with Gasteiger partial charge >= 0.3 is 8.03 Å². The summed E-state index contributed by atoms with van der Waals surface area (Å²) >= 11 is 5.82. The van der Waals surface area contributed by atoms with Crippen LogP contribution in [0, 0.1) is 16.7 Å². The van der Waals surface area contributed by atoms with Gasteiger partial charge < -0.3 is 5.11 Å². The van der Waals surface area contributed by atoms with Gasteiger partial charge in [0.05, 0.1) is 0 Å². The smallest absolute Gasteiger partial charge is 0.386 e. The van der Waals surface area contributed by atoms with E-state index in [4.69, 9.17) is 16.5 Å². The number of aliphatic hydroxyl groups is 1. The minimum atomic E-state index is -2.14. The number of hydrogen-bond acceptors (Lipinski definition) is 3. The first-order valence-electron chi connectivity index (χ1n) is 8.42. The van der Waals surface area contributed by atoms with Gasteiger partial charge in [0, 0.05) is 26.2 Å². The van der Waals surface area contributed by atoms with Gasteiger partial charge in [0.15, 0.2) is 6.16 Å². The van der Waals surface area contributed by atoms with Gasteiger partial charge in [-0.15, -0.1) is 12.4 Å². The molecule has 1 aliphatic carbocycles. The molecule has 0 amide bonds. The van der Waals surface area contributed by atoms with Gasteiger partial charge in [-0.1, -0.05) is 36.6 Å². The Bertz CT molecular complexity index is 570. The number of nitrogens with zero attached hydrogens (tertiary/aromatic N) is 1. The first-order valence-corrected chi connectivity index (χ1v) is 10.2. The van der Waals surface area contributed by atoms with Crippen LogP contribution in [0.25, 0.3) is 0 Å². The maximum Gasteiger partial charge on any atom is 0.505 e.